The standard InChI is InChI=1S/C16H27N3O3S/c1-7-11(4)13(15(20)22-6)18-16(21)19(5)8-12-9-23-14(17-12)10(2)3/h9-11,13H,7-8H2,1-6H3,(H,18,21)/t11?,13-/m0/s1. The van der Waals surface area contributed by atoms with Crippen molar-refractivity contribution in [3.05, 3.63) is 16.1 Å². The summed E-state index contributed by atoms with van der Waals surface area (Å²) in [5.41, 5.74) is 0.856. The van der Waals surface area contributed by atoms with Gasteiger partial charge in [-0.25, -0.2) is 14.6 Å². The van der Waals surface area contributed by atoms with Crippen LogP contribution in [-0.4, -0.2) is 42.1 Å². The number of aromatic nitrogens is 1. The first-order chi connectivity index (χ1) is 10.8. The van der Waals surface area contributed by atoms with Gasteiger partial charge in [0, 0.05) is 18.3 Å². The molecular formula is C16H27N3O3S. The highest BCUT2D eigenvalue weighted by Gasteiger charge is 2.27. The van der Waals surface area contributed by atoms with Gasteiger partial charge in [-0.15, -0.1) is 11.3 Å². The molecule has 130 valence electrons. The van der Waals surface area contributed by atoms with Crippen molar-refractivity contribution in [1.82, 2.24) is 15.2 Å². The number of ether oxygens (including phenoxy) is 1. The monoisotopic (exact) mass is 341 g/mol. The number of amides is 2. The van der Waals surface area contributed by atoms with Crippen molar-refractivity contribution in [1.29, 1.82) is 0 Å². The number of carbonyl (C=O) groups excluding carboxylic acids is 2. The number of hydrogen-bond acceptors (Lipinski definition) is 5. The van der Waals surface area contributed by atoms with E-state index in [4.69, 9.17) is 4.74 Å². The van der Waals surface area contributed by atoms with E-state index in [1.807, 2.05) is 19.2 Å². The van der Waals surface area contributed by atoms with Crippen LogP contribution in [0.15, 0.2) is 5.38 Å². The van der Waals surface area contributed by atoms with Gasteiger partial charge in [-0.1, -0.05) is 34.1 Å². The van der Waals surface area contributed by atoms with Gasteiger partial charge in [-0.3, -0.25) is 0 Å². The molecule has 0 radical (unpaired) electrons. The average molecular weight is 341 g/mol. The molecule has 0 aliphatic carbocycles. The third-order valence-corrected chi connectivity index (χ3v) is 4.95. The van der Waals surface area contributed by atoms with Gasteiger partial charge in [0.1, 0.15) is 6.04 Å². The Morgan fingerprint density at radius 2 is 2.04 bits per heavy atom. The molecule has 7 heteroatoms. The van der Waals surface area contributed by atoms with E-state index < -0.39 is 12.0 Å². The lowest BCUT2D eigenvalue weighted by Gasteiger charge is -2.25. The maximum absolute atomic E-state index is 12.3. The van der Waals surface area contributed by atoms with Crippen LogP contribution in [0.3, 0.4) is 0 Å². The molecule has 0 spiro atoms. The Balaban J connectivity index is 2.68. The Morgan fingerprint density at radius 3 is 2.52 bits per heavy atom. The molecule has 1 heterocycles. The van der Waals surface area contributed by atoms with Crippen molar-refractivity contribution in [2.75, 3.05) is 14.2 Å². The van der Waals surface area contributed by atoms with Crippen LogP contribution in [0.1, 0.15) is 50.7 Å². The number of urea groups is 1. The molecule has 1 rings (SSSR count). The first-order valence-electron chi connectivity index (χ1n) is 7.83. The Labute approximate surface area is 142 Å². The van der Waals surface area contributed by atoms with Crippen molar-refractivity contribution in [2.24, 2.45) is 5.92 Å². The minimum absolute atomic E-state index is 0.00613. The molecule has 1 unspecified atom stereocenters. The summed E-state index contributed by atoms with van der Waals surface area (Å²) in [6.45, 7) is 8.47. The average Bonchev–Trinajstić information content (AvgIpc) is 2.99. The van der Waals surface area contributed by atoms with Crippen molar-refractivity contribution in [3.8, 4) is 0 Å². The van der Waals surface area contributed by atoms with Crippen LogP contribution in [-0.2, 0) is 16.1 Å². The molecule has 23 heavy (non-hydrogen) atoms. The molecule has 0 fully saturated rings. The summed E-state index contributed by atoms with van der Waals surface area (Å²) in [6.07, 6.45) is 0.771. The normalized spacial score (nSPS) is 13.5. The molecule has 0 saturated carbocycles. The third kappa shape index (κ3) is 5.49. The third-order valence-electron chi connectivity index (χ3n) is 3.76. The van der Waals surface area contributed by atoms with Gasteiger partial charge in [-0.2, -0.15) is 0 Å². The van der Waals surface area contributed by atoms with E-state index in [0.29, 0.717) is 12.5 Å². The summed E-state index contributed by atoms with van der Waals surface area (Å²) < 4.78 is 4.78. The Morgan fingerprint density at radius 1 is 1.39 bits per heavy atom. The number of carbonyl (C=O) groups is 2. The van der Waals surface area contributed by atoms with E-state index in [0.717, 1.165) is 17.1 Å². The Bertz CT molecular complexity index is 530. The fourth-order valence-corrected chi connectivity index (χ4v) is 2.84. The number of esters is 1. The van der Waals surface area contributed by atoms with Gasteiger partial charge in [0.25, 0.3) is 0 Å². The number of nitrogens with one attached hydrogen (secondary N) is 1. The fraction of sp³-hybridized carbons (Fsp3) is 0.688. The first-order valence-corrected chi connectivity index (χ1v) is 8.71. The summed E-state index contributed by atoms with van der Waals surface area (Å²) in [7, 11) is 3.02. The fourth-order valence-electron chi connectivity index (χ4n) is 2.01. The second kappa shape index (κ2) is 8.86. The molecule has 0 bridgehead atoms. The molecular weight excluding hydrogens is 314 g/mol. The molecule has 2 amide bonds. The van der Waals surface area contributed by atoms with Crippen molar-refractivity contribution < 1.29 is 14.3 Å². The highest BCUT2D eigenvalue weighted by atomic mass is 32.1. The van der Waals surface area contributed by atoms with Crippen LogP contribution in [0, 0.1) is 5.92 Å². The van der Waals surface area contributed by atoms with E-state index in [2.05, 4.69) is 24.1 Å². The lowest BCUT2D eigenvalue weighted by molar-refractivity contribution is -0.144. The first kappa shape index (κ1) is 19.4. The van der Waals surface area contributed by atoms with E-state index in [9.17, 15) is 9.59 Å². The molecule has 0 saturated heterocycles. The van der Waals surface area contributed by atoms with Crippen LogP contribution in [0.2, 0.25) is 0 Å². The zero-order valence-corrected chi connectivity index (χ0v) is 15.6. The molecule has 2 atom stereocenters. The van der Waals surface area contributed by atoms with Crippen molar-refractivity contribution >= 4 is 23.3 Å². The molecule has 0 aromatic carbocycles. The minimum Gasteiger partial charge on any atom is -0.467 e. The SMILES string of the molecule is CCC(C)[C@H](NC(=O)N(C)Cc1csc(C(C)C)n1)C(=O)OC. The highest BCUT2D eigenvalue weighted by Crippen LogP contribution is 2.20. The van der Waals surface area contributed by atoms with E-state index in [-0.39, 0.29) is 11.9 Å². The zero-order valence-electron chi connectivity index (χ0n) is 14.8. The predicted molar refractivity (Wildman–Crippen MR) is 91.5 cm³/mol. The van der Waals surface area contributed by atoms with Gasteiger partial charge < -0.3 is 15.0 Å². The predicted octanol–water partition coefficient (Wildman–Crippen LogP) is 3.00. The maximum Gasteiger partial charge on any atom is 0.328 e. The molecule has 6 nitrogen and oxygen atoms in total. The maximum atomic E-state index is 12.3. The minimum atomic E-state index is -0.637. The van der Waals surface area contributed by atoms with Gasteiger partial charge in [0.15, 0.2) is 0 Å². The summed E-state index contributed by atoms with van der Waals surface area (Å²) in [6, 6.07) is -0.943. The number of rotatable bonds is 7. The number of methoxy groups -OCH3 is 1. The lowest BCUT2D eigenvalue weighted by Crippen LogP contribution is -2.49. The van der Waals surface area contributed by atoms with Crippen molar-refractivity contribution in [2.45, 2.75) is 52.6 Å². The number of thiazole rings is 1. The number of nitrogens with zero attached hydrogens (tertiary/aromatic N) is 2. The molecule has 0 aliphatic rings. The van der Waals surface area contributed by atoms with Crippen LogP contribution < -0.4 is 5.32 Å². The second-order valence-electron chi connectivity index (χ2n) is 6.02. The van der Waals surface area contributed by atoms with Gasteiger partial charge >= 0.3 is 12.0 Å². The molecule has 1 aromatic heterocycles. The van der Waals surface area contributed by atoms with Gasteiger partial charge in [-0.05, 0) is 5.92 Å². The zero-order chi connectivity index (χ0) is 17.6. The summed E-state index contributed by atoms with van der Waals surface area (Å²) in [4.78, 5) is 30.2. The van der Waals surface area contributed by atoms with Crippen LogP contribution in [0.4, 0.5) is 4.79 Å². The molecule has 0 aliphatic heterocycles. The van der Waals surface area contributed by atoms with Gasteiger partial charge in [0.2, 0.25) is 0 Å². The summed E-state index contributed by atoms with van der Waals surface area (Å²) in [5.74, 6) is -0.0366. The molecule has 1 N–H and O–H groups in total. The van der Waals surface area contributed by atoms with Crippen LogP contribution >= 0.6 is 11.3 Å². The topological polar surface area (TPSA) is 71.5 Å². The second-order valence-corrected chi connectivity index (χ2v) is 6.91. The smallest absolute Gasteiger partial charge is 0.328 e. The largest absolute Gasteiger partial charge is 0.467 e. The van der Waals surface area contributed by atoms with Crippen LogP contribution in [0.25, 0.3) is 0 Å². The van der Waals surface area contributed by atoms with E-state index in [1.165, 1.54) is 12.0 Å². The highest BCUT2D eigenvalue weighted by molar-refractivity contribution is 7.09. The van der Waals surface area contributed by atoms with Crippen molar-refractivity contribution in [3.63, 3.8) is 0 Å². The van der Waals surface area contributed by atoms with Crippen LogP contribution in [0.5, 0.6) is 0 Å². The molecule has 1 aromatic rings. The lowest BCUT2D eigenvalue weighted by atomic mass is 9.99. The van der Waals surface area contributed by atoms with E-state index >= 15 is 0 Å². The quantitative estimate of drug-likeness (QED) is 0.774. The summed E-state index contributed by atoms with van der Waals surface area (Å²) in [5, 5.41) is 5.78. The Kier molecular flexibility index (Phi) is 7.48. The van der Waals surface area contributed by atoms with Gasteiger partial charge in [0.05, 0.1) is 24.4 Å². The summed E-state index contributed by atoms with van der Waals surface area (Å²) >= 11 is 1.60. The van der Waals surface area contributed by atoms with E-state index in [1.54, 1.807) is 18.4 Å². The Hall–Kier alpha value is -1.63. The number of hydrogen-bond donors (Lipinski definition) is 1.